The van der Waals surface area contributed by atoms with Gasteiger partial charge in [-0.1, -0.05) is 54.2 Å². The van der Waals surface area contributed by atoms with Gasteiger partial charge in [0.1, 0.15) is 8.07 Å². The van der Waals surface area contributed by atoms with Gasteiger partial charge in [0.2, 0.25) is 0 Å². The highest BCUT2D eigenvalue weighted by atomic mass is 127. The molecule has 1 aromatic rings. The van der Waals surface area contributed by atoms with E-state index in [0.29, 0.717) is 3.92 Å². The van der Waals surface area contributed by atoms with Crippen LogP contribution in [0.25, 0.3) is 0 Å². The molecule has 0 bridgehead atoms. The Morgan fingerprint density at radius 1 is 1.31 bits per heavy atom. The third-order valence-corrected chi connectivity index (χ3v) is 4.27. The van der Waals surface area contributed by atoms with Crippen molar-refractivity contribution < 1.29 is 0 Å². The molecule has 0 amide bonds. The molecule has 0 aliphatic carbocycles. The van der Waals surface area contributed by atoms with Crippen molar-refractivity contribution in [3.63, 3.8) is 0 Å². The molecule has 0 aliphatic heterocycles. The summed E-state index contributed by atoms with van der Waals surface area (Å²) in [5.74, 6) is 3.28. The zero-order chi connectivity index (χ0) is 12.3. The first-order valence-corrected chi connectivity index (χ1v) is 10.8. The third-order valence-electron chi connectivity index (χ3n) is 2.02. The van der Waals surface area contributed by atoms with Gasteiger partial charge in [0.25, 0.3) is 0 Å². The molecular weight excluding hydrogens is 391 g/mol. The Kier molecular flexibility index (Phi) is 5.08. The highest BCUT2D eigenvalue weighted by Crippen LogP contribution is 2.26. The summed E-state index contributed by atoms with van der Waals surface area (Å²) >= 11 is 6.01. The zero-order valence-electron chi connectivity index (χ0n) is 10.1. The lowest BCUT2D eigenvalue weighted by Crippen LogP contribution is -2.16. The minimum absolute atomic E-state index is 0.535. The molecule has 16 heavy (non-hydrogen) atoms. The summed E-state index contributed by atoms with van der Waals surface area (Å²) < 4.78 is 1.65. The number of hydrogen-bond donors (Lipinski definition) is 0. The molecule has 0 fully saturated rings. The fourth-order valence-corrected chi connectivity index (χ4v) is 2.53. The number of benzene rings is 1. The van der Waals surface area contributed by atoms with Crippen molar-refractivity contribution in [2.75, 3.05) is 0 Å². The second-order valence-corrected chi connectivity index (χ2v) is 12.3. The first-order chi connectivity index (χ1) is 7.29. The largest absolute Gasteiger partial charge is 0.129 e. The van der Waals surface area contributed by atoms with E-state index in [-0.39, 0.29) is 0 Å². The molecule has 0 N–H and O–H groups in total. The predicted molar refractivity (Wildman–Crippen MR) is 86.8 cm³/mol. The molecule has 0 aliphatic rings. The Morgan fingerprint density at radius 3 is 2.38 bits per heavy atom. The smallest absolute Gasteiger partial charge is 0.127 e. The standard InChI is InChI=1S/C13H16BrISi/c1-10(15)12-6-5-11(13(14)9-12)7-8-16(2,3)4/h5-6,9-10H,1-4H3. The lowest BCUT2D eigenvalue weighted by Gasteiger charge is -2.06. The fourth-order valence-electron chi connectivity index (χ4n) is 1.13. The maximum absolute atomic E-state index is 3.59. The predicted octanol–water partition coefficient (Wildman–Crippen LogP) is 5.17. The lowest BCUT2D eigenvalue weighted by atomic mass is 10.1. The van der Waals surface area contributed by atoms with Gasteiger partial charge in [-0.25, -0.2) is 0 Å². The van der Waals surface area contributed by atoms with Crippen LogP contribution in [0.4, 0.5) is 0 Å². The molecule has 86 valence electrons. The number of halogens is 2. The van der Waals surface area contributed by atoms with Crippen molar-refractivity contribution in [2.45, 2.75) is 30.5 Å². The molecule has 3 heteroatoms. The van der Waals surface area contributed by atoms with Gasteiger partial charge in [-0.3, -0.25) is 0 Å². The van der Waals surface area contributed by atoms with E-state index >= 15 is 0 Å². The van der Waals surface area contributed by atoms with Crippen LogP contribution in [0.2, 0.25) is 19.6 Å². The minimum atomic E-state index is -1.28. The van der Waals surface area contributed by atoms with Crippen molar-refractivity contribution in [3.05, 3.63) is 33.8 Å². The maximum atomic E-state index is 3.59. The van der Waals surface area contributed by atoms with Crippen molar-refractivity contribution in [1.82, 2.24) is 0 Å². The Bertz CT molecular complexity index is 435. The van der Waals surface area contributed by atoms with Crippen LogP contribution in [0.1, 0.15) is 22.0 Å². The van der Waals surface area contributed by atoms with Crippen LogP contribution in [0.5, 0.6) is 0 Å². The summed E-state index contributed by atoms with van der Waals surface area (Å²) in [4.78, 5) is 0. The topological polar surface area (TPSA) is 0 Å². The van der Waals surface area contributed by atoms with E-state index in [0.717, 1.165) is 10.0 Å². The van der Waals surface area contributed by atoms with Crippen LogP contribution in [-0.4, -0.2) is 8.07 Å². The van der Waals surface area contributed by atoms with Crippen LogP contribution in [0.15, 0.2) is 22.7 Å². The van der Waals surface area contributed by atoms with E-state index < -0.39 is 8.07 Å². The summed E-state index contributed by atoms with van der Waals surface area (Å²) in [5.41, 5.74) is 5.82. The van der Waals surface area contributed by atoms with Crippen LogP contribution in [-0.2, 0) is 0 Å². The van der Waals surface area contributed by atoms with Gasteiger partial charge in [-0.05, 0) is 40.5 Å². The van der Waals surface area contributed by atoms with E-state index in [1.54, 1.807) is 0 Å². The first-order valence-electron chi connectivity index (χ1n) is 5.26. The third kappa shape index (κ3) is 4.60. The van der Waals surface area contributed by atoms with Gasteiger partial charge in [-0.15, -0.1) is 5.54 Å². The van der Waals surface area contributed by atoms with E-state index in [9.17, 15) is 0 Å². The summed E-state index contributed by atoms with van der Waals surface area (Å²) in [7, 11) is -1.28. The average molecular weight is 407 g/mol. The van der Waals surface area contributed by atoms with Crippen molar-refractivity contribution >= 4 is 46.6 Å². The van der Waals surface area contributed by atoms with Crippen LogP contribution in [0.3, 0.4) is 0 Å². The zero-order valence-corrected chi connectivity index (χ0v) is 14.8. The molecule has 0 spiro atoms. The molecule has 0 radical (unpaired) electrons. The lowest BCUT2D eigenvalue weighted by molar-refractivity contribution is 1.14. The van der Waals surface area contributed by atoms with Crippen molar-refractivity contribution in [3.8, 4) is 11.5 Å². The van der Waals surface area contributed by atoms with Crippen LogP contribution in [0, 0.1) is 11.5 Å². The molecule has 0 saturated carbocycles. The Labute approximate surface area is 121 Å². The SMILES string of the molecule is CC(I)c1ccc(C#C[Si](C)(C)C)c(Br)c1. The molecular formula is C13H16BrISi. The molecule has 1 aromatic carbocycles. The average Bonchev–Trinajstić information content (AvgIpc) is 2.14. The van der Waals surface area contributed by atoms with Gasteiger partial charge in [0.05, 0.1) is 0 Å². The number of hydrogen-bond acceptors (Lipinski definition) is 0. The highest BCUT2D eigenvalue weighted by molar-refractivity contribution is 14.1. The molecule has 0 nitrogen and oxygen atoms in total. The number of alkyl halides is 1. The van der Waals surface area contributed by atoms with E-state index in [1.807, 2.05) is 0 Å². The van der Waals surface area contributed by atoms with Gasteiger partial charge in [-0.2, -0.15) is 0 Å². The summed E-state index contributed by atoms with van der Waals surface area (Å²) in [5, 5.41) is 0. The van der Waals surface area contributed by atoms with Crippen molar-refractivity contribution in [2.24, 2.45) is 0 Å². The summed E-state index contributed by atoms with van der Waals surface area (Å²) in [6.07, 6.45) is 0. The van der Waals surface area contributed by atoms with Gasteiger partial charge >= 0.3 is 0 Å². The number of rotatable bonds is 1. The first kappa shape index (κ1) is 14.3. The van der Waals surface area contributed by atoms with Crippen LogP contribution >= 0.6 is 38.5 Å². The van der Waals surface area contributed by atoms with Gasteiger partial charge < -0.3 is 0 Å². The molecule has 1 rings (SSSR count). The molecule has 1 atom stereocenters. The van der Waals surface area contributed by atoms with Gasteiger partial charge in [0, 0.05) is 14.0 Å². The van der Waals surface area contributed by atoms with E-state index in [2.05, 4.69) is 94.7 Å². The van der Waals surface area contributed by atoms with E-state index in [1.165, 1.54) is 5.56 Å². The second-order valence-electron chi connectivity index (χ2n) is 4.86. The second kappa shape index (κ2) is 5.70. The van der Waals surface area contributed by atoms with Crippen molar-refractivity contribution in [1.29, 1.82) is 0 Å². The Hall–Kier alpha value is 0.207. The fraction of sp³-hybridized carbons (Fsp3) is 0.385. The Morgan fingerprint density at radius 2 is 1.94 bits per heavy atom. The quantitative estimate of drug-likeness (QED) is 0.261. The monoisotopic (exact) mass is 406 g/mol. The molecule has 0 heterocycles. The summed E-state index contributed by atoms with van der Waals surface area (Å²) in [6.45, 7) is 8.97. The van der Waals surface area contributed by atoms with Crippen LogP contribution < -0.4 is 0 Å². The normalized spacial score (nSPS) is 12.9. The molecule has 0 saturated heterocycles. The van der Waals surface area contributed by atoms with E-state index in [4.69, 9.17) is 0 Å². The molecule has 0 aromatic heterocycles. The minimum Gasteiger partial charge on any atom is -0.127 e. The maximum Gasteiger partial charge on any atom is 0.129 e. The summed E-state index contributed by atoms with van der Waals surface area (Å²) in [6, 6.07) is 6.45. The Balaban J connectivity index is 3.04. The van der Waals surface area contributed by atoms with Gasteiger partial charge in [0.15, 0.2) is 0 Å². The molecule has 1 unspecified atom stereocenters. The highest BCUT2D eigenvalue weighted by Gasteiger charge is 2.08.